The molecule has 2 bridgehead atoms. The fraction of sp³-hybridized carbons (Fsp3) is 0.588. The second kappa shape index (κ2) is 17.4. The molecule has 5 N–H and O–H groups in total. The zero-order valence-corrected chi connectivity index (χ0v) is 27.8. The Balaban J connectivity index is 2.01. The van der Waals surface area contributed by atoms with Gasteiger partial charge in [0.25, 0.3) is 5.91 Å². The van der Waals surface area contributed by atoms with E-state index in [0.29, 0.717) is 24.1 Å². The Hall–Kier alpha value is -3.58. The van der Waals surface area contributed by atoms with Crippen molar-refractivity contribution in [3.63, 3.8) is 0 Å². The minimum absolute atomic E-state index is 0.0987. The average Bonchev–Trinajstić information content (AvgIpc) is 3.53. The van der Waals surface area contributed by atoms with E-state index in [1.807, 2.05) is 13.8 Å². The smallest absolute Gasteiger partial charge is 0.405 e. The fourth-order valence-electron chi connectivity index (χ4n) is 6.12. The number of aliphatic hydroxyl groups is 1. The standard InChI is InChI=1S/C34H50N4O8/c1-20-16-24-29(36-12-15-38-13-7-8-14-38)26(39)19-25(31(24)41)37-33(42)21(2)10-9-11-27(44-5)32(46-34(35)43)23(4)18-22(3)30(40)28(17-20)45-6/h9-11,18-20,22,27-28,30,32,36,40H,7-8,12-17H2,1-6H3,(H2,35,43)(H,37,42)/b11-9-,21-10+,23-18+/t20-,22+,27?,28+,30-,32+/m1/s1. The van der Waals surface area contributed by atoms with Crippen LogP contribution < -0.4 is 16.4 Å². The number of ketones is 2. The Morgan fingerprint density at radius 2 is 1.83 bits per heavy atom. The number of Topliss-reactive ketones (excluding diaryl/α,β-unsaturated/α-hetero) is 1. The molecule has 2 amide bonds. The maximum absolute atomic E-state index is 13.8. The zero-order chi connectivity index (χ0) is 34.0. The van der Waals surface area contributed by atoms with Crippen LogP contribution in [0.5, 0.6) is 0 Å². The van der Waals surface area contributed by atoms with Crippen LogP contribution in [0, 0.1) is 11.8 Å². The number of allylic oxidation sites excluding steroid dienone is 4. The summed E-state index contributed by atoms with van der Waals surface area (Å²) in [6.45, 7) is 10.3. The molecule has 1 fully saturated rings. The van der Waals surface area contributed by atoms with Gasteiger partial charge in [-0.15, -0.1) is 0 Å². The molecule has 0 spiro atoms. The van der Waals surface area contributed by atoms with Gasteiger partial charge in [-0.2, -0.15) is 0 Å². The third-order valence-electron chi connectivity index (χ3n) is 8.72. The van der Waals surface area contributed by atoms with Crippen LogP contribution in [0.4, 0.5) is 4.79 Å². The van der Waals surface area contributed by atoms with Gasteiger partial charge in [-0.05, 0) is 64.1 Å². The maximum Gasteiger partial charge on any atom is 0.405 e. The predicted molar refractivity (Wildman–Crippen MR) is 173 cm³/mol. The van der Waals surface area contributed by atoms with E-state index >= 15 is 0 Å². The van der Waals surface area contributed by atoms with Gasteiger partial charge in [0, 0.05) is 50.4 Å². The number of carbonyl (C=O) groups is 4. The van der Waals surface area contributed by atoms with Crippen LogP contribution in [0.25, 0.3) is 0 Å². The lowest BCUT2D eigenvalue weighted by atomic mass is 9.85. The zero-order valence-electron chi connectivity index (χ0n) is 27.8. The van der Waals surface area contributed by atoms with Crippen molar-refractivity contribution >= 4 is 23.6 Å². The molecule has 0 aromatic carbocycles. The number of ether oxygens (including phenoxy) is 3. The highest BCUT2D eigenvalue weighted by Gasteiger charge is 2.33. The van der Waals surface area contributed by atoms with E-state index in [2.05, 4.69) is 15.5 Å². The van der Waals surface area contributed by atoms with Gasteiger partial charge in [-0.3, -0.25) is 14.4 Å². The molecule has 3 aliphatic rings. The molecular formula is C34H50N4O8. The van der Waals surface area contributed by atoms with Crippen molar-refractivity contribution in [2.24, 2.45) is 17.6 Å². The van der Waals surface area contributed by atoms with Gasteiger partial charge < -0.3 is 40.6 Å². The summed E-state index contributed by atoms with van der Waals surface area (Å²) in [5.74, 6) is -1.99. The van der Waals surface area contributed by atoms with Crippen LogP contribution in [-0.2, 0) is 28.6 Å². The van der Waals surface area contributed by atoms with Crippen molar-refractivity contribution < 1.29 is 38.5 Å². The first-order valence-electron chi connectivity index (χ1n) is 15.9. The second-order valence-corrected chi connectivity index (χ2v) is 12.4. The Bertz CT molecular complexity index is 1290. The van der Waals surface area contributed by atoms with Crippen molar-refractivity contribution in [2.75, 3.05) is 40.4 Å². The summed E-state index contributed by atoms with van der Waals surface area (Å²) in [6.07, 6.45) is 6.29. The van der Waals surface area contributed by atoms with Crippen molar-refractivity contribution in [3.8, 4) is 0 Å². The molecule has 12 nitrogen and oxygen atoms in total. The summed E-state index contributed by atoms with van der Waals surface area (Å²) in [4.78, 5) is 54.4. The molecule has 1 saturated heterocycles. The van der Waals surface area contributed by atoms with Crippen LogP contribution in [-0.4, -0.2) is 98.4 Å². The molecule has 12 heteroatoms. The number of likely N-dealkylation sites (tertiary alicyclic amines) is 1. The number of nitrogens with zero attached hydrogens (tertiary/aromatic N) is 1. The summed E-state index contributed by atoms with van der Waals surface area (Å²) in [5, 5.41) is 17.2. The summed E-state index contributed by atoms with van der Waals surface area (Å²) in [7, 11) is 2.95. The van der Waals surface area contributed by atoms with Gasteiger partial charge in [0.15, 0.2) is 6.10 Å². The molecule has 1 unspecified atom stereocenters. The number of rotatable bonds is 7. The van der Waals surface area contributed by atoms with E-state index in [0.717, 1.165) is 32.5 Å². The van der Waals surface area contributed by atoms with Crippen molar-refractivity contribution in [3.05, 3.63) is 58.5 Å². The molecular weight excluding hydrogens is 592 g/mol. The van der Waals surface area contributed by atoms with E-state index in [9.17, 15) is 24.3 Å². The first-order chi connectivity index (χ1) is 21.9. The number of hydrogen-bond donors (Lipinski definition) is 4. The molecule has 254 valence electrons. The lowest BCUT2D eigenvalue weighted by Gasteiger charge is -2.30. The Labute approximate surface area is 271 Å². The SMILES string of the molecule is COC1/C=C\C=C(/C)C(=O)NC2=CC(=O)C(NCCN3CCCC3)=C(C[C@@H](C)C[C@H](OC)[C@H](O)[C@@H](C)/C=C(\C)[C@@H]1OC(N)=O)C2=O. The van der Waals surface area contributed by atoms with E-state index < -0.39 is 48.1 Å². The highest BCUT2D eigenvalue weighted by atomic mass is 16.6. The second-order valence-electron chi connectivity index (χ2n) is 12.4. The fourth-order valence-corrected chi connectivity index (χ4v) is 6.12. The van der Waals surface area contributed by atoms with Gasteiger partial charge in [-0.25, -0.2) is 4.79 Å². The summed E-state index contributed by atoms with van der Waals surface area (Å²) in [5.41, 5.74) is 6.66. The molecule has 46 heavy (non-hydrogen) atoms. The van der Waals surface area contributed by atoms with Crippen molar-refractivity contribution in [2.45, 2.75) is 77.8 Å². The van der Waals surface area contributed by atoms with Crippen LogP contribution in [0.2, 0.25) is 0 Å². The number of nitrogens with two attached hydrogens (primary N) is 1. The van der Waals surface area contributed by atoms with E-state index in [1.165, 1.54) is 26.4 Å². The maximum atomic E-state index is 13.8. The molecule has 2 aliphatic heterocycles. The lowest BCUT2D eigenvalue weighted by Crippen LogP contribution is -2.38. The number of aliphatic hydroxyl groups excluding tert-OH is 1. The van der Waals surface area contributed by atoms with Crippen LogP contribution >= 0.6 is 0 Å². The third-order valence-corrected chi connectivity index (χ3v) is 8.72. The molecule has 0 aromatic rings. The summed E-state index contributed by atoms with van der Waals surface area (Å²) >= 11 is 0. The summed E-state index contributed by atoms with van der Waals surface area (Å²) < 4.78 is 16.7. The van der Waals surface area contributed by atoms with Crippen LogP contribution in [0.15, 0.2) is 58.5 Å². The van der Waals surface area contributed by atoms with Gasteiger partial charge in [0.05, 0.1) is 23.6 Å². The molecule has 3 rings (SSSR count). The lowest BCUT2D eigenvalue weighted by molar-refractivity contribution is -0.120. The molecule has 1 aliphatic carbocycles. The number of hydrogen-bond acceptors (Lipinski definition) is 10. The number of primary amides is 1. The predicted octanol–water partition coefficient (Wildman–Crippen LogP) is 2.45. The summed E-state index contributed by atoms with van der Waals surface area (Å²) in [6, 6.07) is 0. The first-order valence-corrected chi connectivity index (χ1v) is 15.9. The normalized spacial score (nSPS) is 32.2. The largest absolute Gasteiger partial charge is 0.439 e. The minimum atomic E-state index is -0.993. The topological polar surface area (TPSA) is 170 Å². The molecule has 0 saturated carbocycles. The number of methoxy groups -OCH3 is 2. The van der Waals surface area contributed by atoms with E-state index in [4.69, 9.17) is 19.9 Å². The van der Waals surface area contributed by atoms with Crippen LogP contribution in [0.3, 0.4) is 0 Å². The van der Waals surface area contributed by atoms with Gasteiger partial charge in [0.2, 0.25) is 11.6 Å². The molecule has 0 aromatic heterocycles. The molecule has 0 radical (unpaired) electrons. The number of amides is 2. The number of fused-ring (bicyclic) bond motifs is 2. The Morgan fingerprint density at radius 3 is 2.46 bits per heavy atom. The quantitative estimate of drug-likeness (QED) is 0.239. The van der Waals surface area contributed by atoms with Gasteiger partial charge >= 0.3 is 6.09 Å². The van der Waals surface area contributed by atoms with Gasteiger partial charge in [0.1, 0.15) is 6.10 Å². The molecule has 6 atom stereocenters. The monoisotopic (exact) mass is 642 g/mol. The van der Waals surface area contributed by atoms with E-state index in [1.54, 1.807) is 32.1 Å². The van der Waals surface area contributed by atoms with Crippen molar-refractivity contribution in [1.82, 2.24) is 15.5 Å². The van der Waals surface area contributed by atoms with Crippen LogP contribution in [0.1, 0.15) is 53.4 Å². The molecule has 2 heterocycles. The highest BCUT2D eigenvalue weighted by molar-refractivity contribution is 6.23. The minimum Gasteiger partial charge on any atom is -0.439 e. The number of nitrogens with one attached hydrogen (secondary N) is 2. The Kier molecular flexibility index (Phi) is 13.9. The number of carbonyl (C=O) groups excluding carboxylic acids is 4. The van der Waals surface area contributed by atoms with Gasteiger partial charge in [-0.1, -0.05) is 38.2 Å². The van der Waals surface area contributed by atoms with E-state index in [-0.39, 0.29) is 35.1 Å². The Morgan fingerprint density at radius 1 is 1.13 bits per heavy atom. The highest BCUT2D eigenvalue weighted by Crippen LogP contribution is 2.29. The first kappa shape index (κ1) is 36.9. The average molecular weight is 643 g/mol. The third kappa shape index (κ3) is 9.96. The van der Waals surface area contributed by atoms with Crippen molar-refractivity contribution in [1.29, 1.82) is 0 Å².